The van der Waals surface area contributed by atoms with Crippen LogP contribution in [0.4, 0.5) is 5.95 Å². The SMILES string of the molecule is CN(CC1CCCCC1)c1nc2ccccc2n1C. The van der Waals surface area contributed by atoms with E-state index in [0.717, 1.165) is 23.9 Å². The lowest BCUT2D eigenvalue weighted by Crippen LogP contribution is -2.28. The first-order valence-electron chi connectivity index (χ1n) is 7.38. The molecule has 1 heterocycles. The first-order valence-corrected chi connectivity index (χ1v) is 7.38. The summed E-state index contributed by atoms with van der Waals surface area (Å²) in [5.41, 5.74) is 2.31. The summed E-state index contributed by atoms with van der Waals surface area (Å²) in [5.74, 6) is 1.94. The number of aromatic nitrogens is 2. The molecule has 1 fully saturated rings. The average molecular weight is 257 g/mol. The zero-order valence-corrected chi connectivity index (χ0v) is 12.0. The topological polar surface area (TPSA) is 21.1 Å². The molecule has 0 amide bonds. The summed E-state index contributed by atoms with van der Waals surface area (Å²) in [7, 11) is 4.29. The summed E-state index contributed by atoms with van der Waals surface area (Å²) in [4.78, 5) is 7.10. The first kappa shape index (κ1) is 12.5. The number of rotatable bonds is 3. The van der Waals surface area contributed by atoms with Crippen molar-refractivity contribution in [2.75, 3.05) is 18.5 Å². The van der Waals surface area contributed by atoms with Crippen LogP contribution in [0.3, 0.4) is 0 Å². The van der Waals surface area contributed by atoms with Crippen molar-refractivity contribution in [2.45, 2.75) is 32.1 Å². The molecule has 0 radical (unpaired) electrons. The van der Waals surface area contributed by atoms with Crippen molar-refractivity contribution in [3.05, 3.63) is 24.3 Å². The van der Waals surface area contributed by atoms with Crippen LogP contribution >= 0.6 is 0 Å². The minimum Gasteiger partial charge on any atom is -0.345 e. The van der Waals surface area contributed by atoms with E-state index in [4.69, 9.17) is 4.98 Å². The van der Waals surface area contributed by atoms with Gasteiger partial charge in [-0.15, -0.1) is 0 Å². The van der Waals surface area contributed by atoms with Crippen LogP contribution in [0.2, 0.25) is 0 Å². The number of anilines is 1. The number of fused-ring (bicyclic) bond motifs is 1. The van der Waals surface area contributed by atoms with Gasteiger partial charge in [0.05, 0.1) is 11.0 Å². The lowest BCUT2D eigenvalue weighted by molar-refractivity contribution is 0.360. The fraction of sp³-hybridized carbons (Fsp3) is 0.562. The van der Waals surface area contributed by atoms with Gasteiger partial charge in [0.2, 0.25) is 5.95 Å². The Balaban J connectivity index is 1.80. The van der Waals surface area contributed by atoms with Crippen LogP contribution in [0.5, 0.6) is 0 Å². The molecule has 0 N–H and O–H groups in total. The largest absolute Gasteiger partial charge is 0.345 e. The number of aryl methyl sites for hydroxylation is 1. The maximum absolute atomic E-state index is 4.77. The lowest BCUT2D eigenvalue weighted by atomic mass is 9.89. The second-order valence-corrected chi connectivity index (χ2v) is 5.84. The molecular formula is C16H23N3. The van der Waals surface area contributed by atoms with E-state index in [1.165, 1.54) is 37.6 Å². The van der Waals surface area contributed by atoms with E-state index >= 15 is 0 Å². The van der Waals surface area contributed by atoms with Crippen molar-refractivity contribution >= 4 is 17.0 Å². The molecule has 102 valence electrons. The summed E-state index contributed by atoms with van der Waals surface area (Å²) >= 11 is 0. The predicted octanol–water partition coefficient (Wildman–Crippen LogP) is 3.59. The molecular weight excluding hydrogens is 234 g/mol. The van der Waals surface area contributed by atoms with Crippen LogP contribution in [0, 0.1) is 5.92 Å². The van der Waals surface area contributed by atoms with E-state index in [0.29, 0.717) is 0 Å². The van der Waals surface area contributed by atoms with Crippen molar-refractivity contribution in [3.63, 3.8) is 0 Å². The van der Waals surface area contributed by atoms with Gasteiger partial charge in [0.25, 0.3) is 0 Å². The van der Waals surface area contributed by atoms with Gasteiger partial charge >= 0.3 is 0 Å². The normalized spacial score (nSPS) is 16.9. The van der Waals surface area contributed by atoms with E-state index in [-0.39, 0.29) is 0 Å². The third kappa shape index (κ3) is 2.46. The third-order valence-corrected chi connectivity index (χ3v) is 4.36. The minimum absolute atomic E-state index is 0.846. The van der Waals surface area contributed by atoms with Crippen LogP contribution in [0.15, 0.2) is 24.3 Å². The molecule has 1 aromatic heterocycles. The molecule has 1 aliphatic rings. The Bertz CT molecular complexity index is 552. The van der Waals surface area contributed by atoms with Crippen LogP contribution < -0.4 is 4.90 Å². The van der Waals surface area contributed by atoms with Gasteiger partial charge in [-0.1, -0.05) is 31.4 Å². The van der Waals surface area contributed by atoms with Crippen LogP contribution in [0.1, 0.15) is 32.1 Å². The van der Waals surface area contributed by atoms with E-state index in [1.807, 2.05) is 0 Å². The highest BCUT2D eigenvalue weighted by molar-refractivity contribution is 5.78. The van der Waals surface area contributed by atoms with Gasteiger partial charge in [0.15, 0.2) is 0 Å². The maximum atomic E-state index is 4.77. The average Bonchev–Trinajstić information content (AvgIpc) is 2.78. The highest BCUT2D eigenvalue weighted by Crippen LogP contribution is 2.26. The Morgan fingerprint density at radius 3 is 2.68 bits per heavy atom. The molecule has 0 bridgehead atoms. The van der Waals surface area contributed by atoms with Gasteiger partial charge in [-0.3, -0.25) is 0 Å². The maximum Gasteiger partial charge on any atom is 0.206 e. The standard InChI is InChI=1S/C16H23N3/c1-18(12-13-8-4-3-5-9-13)16-17-14-10-6-7-11-15(14)19(16)2/h6-7,10-11,13H,3-5,8-9,12H2,1-2H3. The molecule has 1 aromatic carbocycles. The third-order valence-electron chi connectivity index (χ3n) is 4.36. The Morgan fingerprint density at radius 2 is 1.95 bits per heavy atom. The zero-order chi connectivity index (χ0) is 13.2. The molecule has 0 atom stereocenters. The Morgan fingerprint density at radius 1 is 1.21 bits per heavy atom. The molecule has 1 aliphatic carbocycles. The summed E-state index contributed by atoms with van der Waals surface area (Å²) in [6, 6.07) is 8.36. The second-order valence-electron chi connectivity index (χ2n) is 5.84. The lowest BCUT2D eigenvalue weighted by Gasteiger charge is -2.27. The van der Waals surface area contributed by atoms with E-state index in [1.54, 1.807) is 0 Å². The fourth-order valence-electron chi connectivity index (χ4n) is 3.31. The quantitative estimate of drug-likeness (QED) is 0.838. The Labute approximate surface area is 115 Å². The monoisotopic (exact) mass is 257 g/mol. The highest BCUT2D eigenvalue weighted by atomic mass is 15.3. The van der Waals surface area contributed by atoms with Gasteiger partial charge in [-0.2, -0.15) is 0 Å². The van der Waals surface area contributed by atoms with Gasteiger partial charge in [0, 0.05) is 20.6 Å². The molecule has 3 nitrogen and oxygen atoms in total. The van der Waals surface area contributed by atoms with Gasteiger partial charge in [-0.05, 0) is 30.9 Å². The van der Waals surface area contributed by atoms with Gasteiger partial charge in [-0.25, -0.2) is 4.98 Å². The highest BCUT2D eigenvalue weighted by Gasteiger charge is 2.18. The predicted molar refractivity (Wildman–Crippen MR) is 80.6 cm³/mol. The Kier molecular flexibility index (Phi) is 3.45. The van der Waals surface area contributed by atoms with Crippen LogP contribution in [0.25, 0.3) is 11.0 Å². The van der Waals surface area contributed by atoms with Crippen molar-refractivity contribution in [1.29, 1.82) is 0 Å². The number of imidazole rings is 1. The van der Waals surface area contributed by atoms with Crippen molar-refractivity contribution in [2.24, 2.45) is 13.0 Å². The second kappa shape index (κ2) is 5.24. The molecule has 3 heteroatoms. The van der Waals surface area contributed by atoms with Gasteiger partial charge < -0.3 is 9.47 Å². The van der Waals surface area contributed by atoms with E-state index < -0.39 is 0 Å². The van der Waals surface area contributed by atoms with E-state index in [9.17, 15) is 0 Å². The molecule has 3 rings (SSSR count). The van der Waals surface area contributed by atoms with Crippen molar-refractivity contribution in [1.82, 2.24) is 9.55 Å². The summed E-state index contributed by atoms with van der Waals surface area (Å²) < 4.78 is 2.21. The smallest absolute Gasteiger partial charge is 0.206 e. The molecule has 0 spiro atoms. The van der Waals surface area contributed by atoms with Gasteiger partial charge in [0.1, 0.15) is 0 Å². The summed E-state index contributed by atoms with van der Waals surface area (Å²) in [6.07, 6.45) is 7.00. The fourth-order valence-corrected chi connectivity index (χ4v) is 3.31. The Hall–Kier alpha value is -1.51. The van der Waals surface area contributed by atoms with E-state index in [2.05, 4.69) is 47.8 Å². The zero-order valence-electron chi connectivity index (χ0n) is 12.0. The molecule has 0 aliphatic heterocycles. The van der Waals surface area contributed by atoms with Crippen LogP contribution in [-0.4, -0.2) is 23.1 Å². The summed E-state index contributed by atoms with van der Waals surface area (Å²) in [5, 5.41) is 0. The molecule has 19 heavy (non-hydrogen) atoms. The van der Waals surface area contributed by atoms with Crippen molar-refractivity contribution in [3.8, 4) is 0 Å². The number of nitrogens with zero attached hydrogens (tertiary/aromatic N) is 3. The molecule has 2 aromatic rings. The summed E-state index contributed by atoms with van der Waals surface area (Å²) in [6.45, 7) is 1.14. The molecule has 1 saturated carbocycles. The number of benzene rings is 1. The minimum atomic E-state index is 0.846. The number of hydrogen-bond donors (Lipinski definition) is 0. The van der Waals surface area contributed by atoms with Crippen LogP contribution in [-0.2, 0) is 7.05 Å². The van der Waals surface area contributed by atoms with Crippen molar-refractivity contribution < 1.29 is 0 Å². The number of para-hydroxylation sites is 2. The number of hydrogen-bond acceptors (Lipinski definition) is 2. The first-order chi connectivity index (χ1) is 9.25. The molecule has 0 saturated heterocycles. The molecule has 0 unspecified atom stereocenters.